The van der Waals surface area contributed by atoms with Crippen LogP contribution in [0.25, 0.3) is 0 Å². The molecule has 2 saturated heterocycles. The molecule has 0 aromatic heterocycles. The van der Waals surface area contributed by atoms with Crippen LogP contribution in [0.3, 0.4) is 0 Å². The van der Waals surface area contributed by atoms with Crippen LogP contribution in [0.1, 0.15) is 31.2 Å². The maximum atomic E-state index is 12.1. The predicted molar refractivity (Wildman–Crippen MR) is 88.8 cm³/mol. The van der Waals surface area contributed by atoms with E-state index in [-0.39, 0.29) is 24.5 Å². The van der Waals surface area contributed by atoms with E-state index in [1.807, 2.05) is 24.3 Å². The Morgan fingerprint density at radius 3 is 2.62 bits per heavy atom. The Hall–Kier alpha value is -0.580. The Kier molecular flexibility index (Phi) is 5.69. The lowest BCUT2D eigenvalue weighted by Gasteiger charge is -2.35. The number of nitrogens with zero attached hydrogens (tertiary/aromatic N) is 1. The zero-order valence-corrected chi connectivity index (χ0v) is 14.5. The number of fused-ring (bicyclic) bond motifs is 2. The van der Waals surface area contributed by atoms with Gasteiger partial charge in [-0.2, -0.15) is 0 Å². The normalized spacial score (nSPS) is 28.0. The number of carbonyl (C=O) groups excluding carboxylic acids is 1. The fourth-order valence-corrected chi connectivity index (χ4v) is 3.95. The standard InChI is InChI=1S/C16H20BrNO2.ClH/c1-18-13-5-6-14(18)10-15(9-13)20-16(19)8-11-3-2-4-12(17)7-11;/h2-4,7,13-15H,5-6,8-10H2,1H3;1H. The highest BCUT2D eigenvalue weighted by molar-refractivity contribution is 9.10. The topological polar surface area (TPSA) is 29.5 Å². The molecule has 2 heterocycles. The number of esters is 1. The average molecular weight is 375 g/mol. The quantitative estimate of drug-likeness (QED) is 0.757. The molecule has 0 amide bonds. The van der Waals surface area contributed by atoms with E-state index in [2.05, 4.69) is 27.9 Å². The highest BCUT2D eigenvalue weighted by Crippen LogP contribution is 2.35. The van der Waals surface area contributed by atoms with Crippen molar-refractivity contribution in [3.63, 3.8) is 0 Å². The summed E-state index contributed by atoms with van der Waals surface area (Å²) in [5, 5.41) is 0. The van der Waals surface area contributed by atoms with Gasteiger partial charge in [-0.15, -0.1) is 12.4 Å². The molecule has 0 radical (unpaired) electrons. The van der Waals surface area contributed by atoms with Crippen LogP contribution < -0.4 is 0 Å². The molecule has 0 N–H and O–H groups in total. The smallest absolute Gasteiger partial charge is 0.310 e. The van der Waals surface area contributed by atoms with Gasteiger partial charge in [0.25, 0.3) is 0 Å². The summed E-state index contributed by atoms with van der Waals surface area (Å²) in [4.78, 5) is 14.5. The molecule has 0 spiro atoms. The van der Waals surface area contributed by atoms with Gasteiger partial charge in [0.1, 0.15) is 6.10 Å². The molecule has 3 rings (SSSR count). The molecule has 2 bridgehead atoms. The third-order valence-corrected chi connectivity index (χ3v) is 5.08. The Balaban J connectivity index is 0.00000161. The number of piperidine rings is 1. The van der Waals surface area contributed by atoms with E-state index in [9.17, 15) is 4.79 Å². The van der Waals surface area contributed by atoms with Gasteiger partial charge in [0.15, 0.2) is 0 Å². The number of hydrogen-bond acceptors (Lipinski definition) is 3. The minimum atomic E-state index is -0.1000. The molecule has 2 aliphatic rings. The number of ether oxygens (including phenoxy) is 1. The Labute approximate surface area is 140 Å². The molecule has 2 fully saturated rings. The Morgan fingerprint density at radius 2 is 2.00 bits per heavy atom. The van der Waals surface area contributed by atoms with Crippen molar-refractivity contribution in [1.29, 1.82) is 0 Å². The number of hydrogen-bond donors (Lipinski definition) is 0. The maximum Gasteiger partial charge on any atom is 0.310 e. The van der Waals surface area contributed by atoms with Crippen LogP contribution in [0.5, 0.6) is 0 Å². The molecule has 5 heteroatoms. The molecule has 1 aromatic carbocycles. The summed E-state index contributed by atoms with van der Waals surface area (Å²) in [6.07, 6.45) is 4.97. The van der Waals surface area contributed by atoms with Crippen LogP contribution in [0.15, 0.2) is 28.7 Å². The van der Waals surface area contributed by atoms with Crippen molar-refractivity contribution in [2.45, 2.75) is 50.3 Å². The first-order valence-electron chi connectivity index (χ1n) is 7.27. The second-order valence-corrected chi connectivity index (χ2v) is 6.86. The molecule has 21 heavy (non-hydrogen) atoms. The van der Waals surface area contributed by atoms with Crippen molar-refractivity contribution in [3.05, 3.63) is 34.3 Å². The SMILES string of the molecule is CN1C2CCC1CC(OC(=O)Cc1cccc(Br)c1)C2.Cl. The van der Waals surface area contributed by atoms with Gasteiger partial charge in [0, 0.05) is 16.6 Å². The predicted octanol–water partition coefficient (Wildman–Crippen LogP) is 3.58. The molecular formula is C16H21BrClNO2. The van der Waals surface area contributed by atoms with Gasteiger partial charge in [-0.3, -0.25) is 4.79 Å². The van der Waals surface area contributed by atoms with Crippen molar-refractivity contribution in [3.8, 4) is 0 Å². The first-order valence-corrected chi connectivity index (χ1v) is 8.07. The molecule has 0 saturated carbocycles. The fraction of sp³-hybridized carbons (Fsp3) is 0.562. The largest absolute Gasteiger partial charge is 0.462 e. The molecular weight excluding hydrogens is 354 g/mol. The number of benzene rings is 1. The first-order chi connectivity index (χ1) is 9.61. The fourth-order valence-electron chi connectivity index (χ4n) is 3.50. The van der Waals surface area contributed by atoms with Crippen molar-refractivity contribution in [2.24, 2.45) is 0 Å². The van der Waals surface area contributed by atoms with E-state index in [0.717, 1.165) is 22.9 Å². The van der Waals surface area contributed by atoms with Gasteiger partial charge in [0.05, 0.1) is 6.42 Å². The summed E-state index contributed by atoms with van der Waals surface area (Å²) in [5.74, 6) is -0.1000. The summed E-state index contributed by atoms with van der Waals surface area (Å²) in [5.41, 5.74) is 1.00. The molecule has 2 atom stereocenters. The summed E-state index contributed by atoms with van der Waals surface area (Å²) in [6, 6.07) is 9.06. The van der Waals surface area contributed by atoms with Gasteiger partial charge < -0.3 is 9.64 Å². The average Bonchev–Trinajstić information content (AvgIpc) is 2.61. The van der Waals surface area contributed by atoms with E-state index in [0.29, 0.717) is 18.5 Å². The summed E-state index contributed by atoms with van der Waals surface area (Å²) < 4.78 is 6.68. The monoisotopic (exact) mass is 373 g/mol. The highest BCUT2D eigenvalue weighted by Gasteiger charge is 2.39. The van der Waals surface area contributed by atoms with Crippen LogP contribution >= 0.6 is 28.3 Å². The Morgan fingerprint density at radius 1 is 1.33 bits per heavy atom. The summed E-state index contributed by atoms with van der Waals surface area (Å²) in [6.45, 7) is 0. The van der Waals surface area contributed by atoms with Gasteiger partial charge in [-0.25, -0.2) is 0 Å². The molecule has 1 aromatic rings. The van der Waals surface area contributed by atoms with Crippen molar-refractivity contribution < 1.29 is 9.53 Å². The number of halogens is 2. The van der Waals surface area contributed by atoms with Gasteiger partial charge in [0.2, 0.25) is 0 Å². The molecule has 116 valence electrons. The second-order valence-electron chi connectivity index (χ2n) is 5.94. The van der Waals surface area contributed by atoms with E-state index >= 15 is 0 Å². The number of carbonyl (C=O) groups is 1. The van der Waals surface area contributed by atoms with Crippen molar-refractivity contribution in [1.82, 2.24) is 4.90 Å². The highest BCUT2D eigenvalue weighted by atomic mass is 79.9. The lowest BCUT2D eigenvalue weighted by Crippen LogP contribution is -2.43. The zero-order chi connectivity index (χ0) is 14.1. The van der Waals surface area contributed by atoms with Crippen LogP contribution in [-0.2, 0) is 16.0 Å². The summed E-state index contributed by atoms with van der Waals surface area (Å²) in [7, 11) is 2.20. The van der Waals surface area contributed by atoms with Gasteiger partial charge >= 0.3 is 5.97 Å². The van der Waals surface area contributed by atoms with Crippen LogP contribution in [0.2, 0.25) is 0 Å². The van der Waals surface area contributed by atoms with E-state index in [1.54, 1.807) is 0 Å². The summed E-state index contributed by atoms with van der Waals surface area (Å²) >= 11 is 3.42. The van der Waals surface area contributed by atoms with Crippen molar-refractivity contribution in [2.75, 3.05) is 7.05 Å². The first kappa shape index (κ1) is 16.8. The molecule has 2 unspecified atom stereocenters. The minimum absolute atomic E-state index is 0. The molecule has 3 nitrogen and oxygen atoms in total. The molecule has 2 aliphatic heterocycles. The van der Waals surface area contributed by atoms with Gasteiger partial charge in [-0.1, -0.05) is 28.1 Å². The van der Waals surface area contributed by atoms with E-state index in [1.165, 1.54) is 12.8 Å². The van der Waals surface area contributed by atoms with Gasteiger partial charge in [-0.05, 0) is 50.4 Å². The van der Waals surface area contributed by atoms with E-state index < -0.39 is 0 Å². The third kappa shape index (κ3) is 3.99. The van der Waals surface area contributed by atoms with Crippen molar-refractivity contribution >= 4 is 34.3 Å². The van der Waals surface area contributed by atoms with E-state index in [4.69, 9.17) is 4.74 Å². The lowest BCUT2D eigenvalue weighted by atomic mass is 10.0. The van der Waals surface area contributed by atoms with Crippen LogP contribution in [0, 0.1) is 0 Å². The maximum absolute atomic E-state index is 12.1. The van der Waals surface area contributed by atoms with Crippen LogP contribution in [0.4, 0.5) is 0 Å². The molecule has 0 aliphatic carbocycles. The minimum Gasteiger partial charge on any atom is -0.462 e. The Bertz CT molecular complexity index is 497. The van der Waals surface area contributed by atoms with Crippen LogP contribution in [-0.4, -0.2) is 36.1 Å². The number of rotatable bonds is 3. The lowest BCUT2D eigenvalue weighted by molar-refractivity contribution is -0.151. The zero-order valence-electron chi connectivity index (χ0n) is 12.1. The second kappa shape index (κ2) is 7.12. The third-order valence-electron chi connectivity index (χ3n) is 4.59.